The minimum Gasteiger partial charge on any atom is -0.497 e. The smallest absolute Gasteiger partial charge is 0.271 e. The lowest BCUT2D eigenvalue weighted by Gasteiger charge is -2.44. The Hall–Kier alpha value is -3.32. The molecule has 2 aromatic carbocycles. The summed E-state index contributed by atoms with van der Waals surface area (Å²) in [5.74, 6) is 1.92. The number of hydrogen-bond acceptors (Lipinski definition) is 4. The number of ether oxygens (including phenoxy) is 1. The van der Waals surface area contributed by atoms with Gasteiger partial charge in [0.2, 0.25) is 5.91 Å². The molecule has 1 aromatic heterocycles. The third kappa shape index (κ3) is 5.42. The number of carbonyl (C=O) groups is 2. The quantitative estimate of drug-likeness (QED) is 0.423. The molecule has 0 unspecified atom stereocenters. The molecule has 2 aliphatic heterocycles. The number of nitrogens with zero attached hydrogens (tertiary/aromatic N) is 3. The molecule has 2 amide bonds. The number of piperidine rings is 1. The summed E-state index contributed by atoms with van der Waals surface area (Å²) in [6.45, 7) is 13.2. The number of carbonyl (C=O) groups excluding carboxylic acids is 2. The van der Waals surface area contributed by atoms with Crippen molar-refractivity contribution in [1.29, 1.82) is 0 Å². The number of rotatable bonds is 8. The third-order valence-corrected chi connectivity index (χ3v) is 8.60. The Morgan fingerprint density at radius 2 is 1.85 bits per heavy atom. The van der Waals surface area contributed by atoms with E-state index in [1.165, 1.54) is 6.42 Å². The monoisotopic (exact) mass is 530 g/mol. The molecule has 0 spiro atoms. The van der Waals surface area contributed by atoms with Crippen molar-refractivity contribution >= 4 is 22.7 Å². The van der Waals surface area contributed by atoms with Crippen LogP contribution in [-0.4, -0.2) is 65.0 Å². The van der Waals surface area contributed by atoms with E-state index in [1.54, 1.807) is 12.0 Å². The predicted octanol–water partition coefficient (Wildman–Crippen LogP) is 4.86. The first-order valence-corrected chi connectivity index (χ1v) is 14.2. The van der Waals surface area contributed by atoms with Crippen LogP contribution in [0.2, 0.25) is 0 Å². The number of fused-ring (bicyclic) bond motifs is 3. The second-order valence-corrected chi connectivity index (χ2v) is 11.9. The van der Waals surface area contributed by atoms with E-state index in [9.17, 15) is 9.59 Å². The van der Waals surface area contributed by atoms with Gasteiger partial charge in [-0.15, -0.1) is 0 Å². The molecule has 3 heterocycles. The van der Waals surface area contributed by atoms with Gasteiger partial charge in [0, 0.05) is 37.6 Å². The molecule has 2 aliphatic rings. The van der Waals surface area contributed by atoms with Gasteiger partial charge in [-0.1, -0.05) is 38.1 Å². The van der Waals surface area contributed by atoms with Gasteiger partial charge in [0.1, 0.15) is 17.0 Å². The fourth-order valence-electron chi connectivity index (χ4n) is 6.53. The van der Waals surface area contributed by atoms with E-state index in [0.717, 1.165) is 65.7 Å². The molecular weight excluding hydrogens is 488 g/mol. The lowest BCUT2D eigenvalue weighted by Crippen LogP contribution is -2.63. The highest BCUT2D eigenvalue weighted by Crippen LogP contribution is 2.35. The first kappa shape index (κ1) is 27.3. The first-order valence-electron chi connectivity index (χ1n) is 14.2. The molecule has 1 N–H and O–H groups in total. The lowest BCUT2D eigenvalue weighted by molar-refractivity contribution is -0.133. The number of likely N-dealkylation sites (tertiary alicyclic amines) is 1. The van der Waals surface area contributed by atoms with E-state index < -0.39 is 5.54 Å². The van der Waals surface area contributed by atoms with Crippen LogP contribution >= 0.6 is 0 Å². The van der Waals surface area contributed by atoms with Crippen molar-refractivity contribution in [3.05, 3.63) is 65.4 Å². The van der Waals surface area contributed by atoms with Crippen LogP contribution in [0.5, 0.6) is 5.75 Å². The summed E-state index contributed by atoms with van der Waals surface area (Å²) in [5, 5.41) is 4.16. The summed E-state index contributed by atoms with van der Waals surface area (Å²) in [4.78, 5) is 32.3. The summed E-state index contributed by atoms with van der Waals surface area (Å²) in [6, 6.07) is 15.8. The van der Waals surface area contributed by atoms with E-state index in [-0.39, 0.29) is 11.8 Å². The molecule has 0 radical (unpaired) electrons. The van der Waals surface area contributed by atoms with E-state index in [4.69, 9.17) is 4.74 Å². The lowest BCUT2D eigenvalue weighted by atomic mass is 9.92. The third-order valence-electron chi connectivity index (χ3n) is 8.60. The van der Waals surface area contributed by atoms with Gasteiger partial charge in [0.05, 0.1) is 19.2 Å². The highest BCUT2D eigenvalue weighted by Gasteiger charge is 2.47. The second-order valence-electron chi connectivity index (χ2n) is 11.9. The summed E-state index contributed by atoms with van der Waals surface area (Å²) in [6.07, 6.45) is 2.18. The van der Waals surface area contributed by atoms with Crippen molar-refractivity contribution < 1.29 is 14.3 Å². The molecule has 0 aliphatic carbocycles. The van der Waals surface area contributed by atoms with Crippen molar-refractivity contribution in [2.24, 2.45) is 11.8 Å². The van der Waals surface area contributed by atoms with Crippen LogP contribution in [0, 0.1) is 18.8 Å². The Kier molecular flexibility index (Phi) is 7.72. The minimum absolute atomic E-state index is 0.111. The largest absolute Gasteiger partial charge is 0.497 e. The van der Waals surface area contributed by atoms with Gasteiger partial charge < -0.3 is 24.4 Å². The van der Waals surface area contributed by atoms with Crippen LogP contribution in [0.25, 0.3) is 10.9 Å². The van der Waals surface area contributed by atoms with Gasteiger partial charge in [-0.25, -0.2) is 0 Å². The summed E-state index contributed by atoms with van der Waals surface area (Å²) >= 11 is 0. The summed E-state index contributed by atoms with van der Waals surface area (Å²) in [7, 11) is 1.64. The molecule has 7 nitrogen and oxygen atoms in total. The molecule has 1 saturated heterocycles. The average Bonchev–Trinajstić information content (AvgIpc) is 3.26. The SMILES string of the molecule is COc1ccc2cc3n(c2c1)C[C@@](C)(C(=O)NCCCN1C[C@H](C)C[C@H](C)C1)N(Cc1ccccc1C)C3=O. The Balaban J connectivity index is 1.39. The summed E-state index contributed by atoms with van der Waals surface area (Å²) < 4.78 is 7.45. The number of aryl methyl sites for hydroxylation is 1. The van der Waals surface area contributed by atoms with Crippen LogP contribution < -0.4 is 10.1 Å². The van der Waals surface area contributed by atoms with E-state index in [1.807, 2.05) is 66.9 Å². The van der Waals surface area contributed by atoms with Gasteiger partial charge in [-0.2, -0.15) is 0 Å². The number of hydrogen-bond donors (Lipinski definition) is 1. The maximum absolute atomic E-state index is 14.1. The van der Waals surface area contributed by atoms with Crippen molar-refractivity contribution in [3.8, 4) is 5.75 Å². The van der Waals surface area contributed by atoms with Gasteiger partial charge in [0.25, 0.3) is 5.91 Å². The molecule has 5 rings (SSSR count). The topological polar surface area (TPSA) is 66.8 Å². The standard InChI is InChI=1S/C32H42N4O3/c1-22-15-23(2)19-34(18-22)14-8-13-33-31(38)32(4)21-35-28-17-27(39-5)12-11-25(28)16-29(35)30(37)36(32)20-26-10-7-6-9-24(26)3/h6-7,9-12,16-17,22-23H,8,13-15,18-21H2,1-5H3,(H,33,38)/t22-,23+,32-/m0/s1. The molecule has 0 bridgehead atoms. The molecule has 7 heteroatoms. The Morgan fingerprint density at radius 3 is 2.56 bits per heavy atom. The number of aromatic nitrogens is 1. The fourth-order valence-corrected chi connectivity index (χ4v) is 6.53. The predicted molar refractivity (Wildman–Crippen MR) is 155 cm³/mol. The maximum Gasteiger partial charge on any atom is 0.271 e. The zero-order valence-electron chi connectivity index (χ0n) is 24.0. The van der Waals surface area contributed by atoms with Crippen LogP contribution in [-0.2, 0) is 17.9 Å². The molecule has 39 heavy (non-hydrogen) atoms. The van der Waals surface area contributed by atoms with Gasteiger partial charge in [-0.05, 0) is 74.4 Å². The van der Waals surface area contributed by atoms with Crippen LogP contribution in [0.15, 0.2) is 48.5 Å². The number of nitrogens with one attached hydrogen (secondary N) is 1. The van der Waals surface area contributed by atoms with Crippen LogP contribution in [0.1, 0.15) is 55.2 Å². The second kappa shape index (κ2) is 11.0. The molecule has 3 aromatic rings. The van der Waals surface area contributed by atoms with E-state index in [0.29, 0.717) is 25.3 Å². The highest BCUT2D eigenvalue weighted by atomic mass is 16.5. The molecule has 3 atom stereocenters. The van der Waals surface area contributed by atoms with Gasteiger partial charge in [0.15, 0.2) is 0 Å². The molecule has 1 fully saturated rings. The highest BCUT2D eigenvalue weighted by molar-refractivity contribution is 6.03. The molecular formula is C32H42N4O3. The number of benzene rings is 2. The van der Waals surface area contributed by atoms with Gasteiger partial charge in [-0.3, -0.25) is 9.59 Å². The van der Waals surface area contributed by atoms with Crippen LogP contribution in [0.3, 0.4) is 0 Å². The van der Waals surface area contributed by atoms with Gasteiger partial charge >= 0.3 is 0 Å². The average molecular weight is 531 g/mol. The van der Waals surface area contributed by atoms with Crippen molar-refractivity contribution in [3.63, 3.8) is 0 Å². The zero-order chi connectivity index (χ0) is 27.7. The fraction of sp³-hybridized carbons (Fsp3) is 0.500. The van der Waals surface area contributed by atoms with E-state index in [2.05, 4.69) is 24.1 Å². The van der Waals surface area contributed by atoms with Crippen molar-refractivity contribution in [2.75, 3.05) is 33.3 Å². The van der Waals surface area contributed by atoms with Crippen LogP contribution in [0.4, 0.5) is 0 Å². The minimum atomic E-state index is -1.05. The Bertz CT molecular complexity index is 1350. The zero-order valence-corrected chi connectivity index (χ0v) is 24.0. The number of methoxy groups -OCH3 is 1. The Morgan fingerprint density at radius 1 is 1.10 bits per heavy atom. The molecule has 208 valence electrons. The molecule has 0 saturated carbocycles. The van der Waals surface area contributed by atoms with Crippen molar-refractivity contribution in [2.45, 2.75) is 59.2 Å². The summed E-state index contributed by atoms with van der Waals surface area (Å²) in [5.41, 5.74) is 2.61. The van der Waals surface area contributed by atoms with Crippen molar-refractivity contribution in [1.82, 2.24) is 19.7 Å². The Labute approximate surface area is 232 Å². The van der Waals surface area contributed by atoms with E-state index >= 15 is 0 Å². The number of amides is 2. The maximum atomic E-state index is 14.1. The normalized spacial score (nSPS) is 23.6. The first-order chi connectivity index (χ1) is 18.7.